The number of fused-ring (bicyclic) bond motifs is 1. The van der Waals surface area contributed by atoms with Crippen LogP contribution in [0.2, 0.25) is 0 Å². The lowest BCUT2D eigenvalue weighted by Crippen LogP contribution is -2.34. The van der Waals surface area contributed by atoms with Gasteiger partial charge >= 0.3 is 0 Å². The molecule has 2 aromatic heterocycles. The Morgan fingerprint density at radius 1 is 1.16 bits per heavy atom. The highest BCUT2D eigenvalue weighted by Crippen LogP contribution is 2.21. The molecule has 2 heterocycles. The first kappa shape index (κ1) is 20.3. The number of aromatic amines is 1. The van der Waals surface area contributed by atoms with Gasteiger partial charge < -0.3 is 9.88 Å². The summed E-state index contributed by atoms with van der Waals surface area (Å²) in [6, 6.07) is 11.8. The Bertz CT molecular complexity index is 1370. The van der Waals surface area contributed by atoms with E-state index in [1.807, 2.05) is 0 Å². The number of nitrogens with zero attached hydrogens (tertiary/aromatic N) is 3. The SMILES string of the molecule is Cn1ccnc1[C@@H](NC(=O)CCn1[nH]c(=O)c2ccccc2c1=O)c1cccc(F)c1. The summed E-state index contributed by atoms with van der Waals surface area (Å²) < 4.78 is 16.6. The van der Waals surface area contributed by atoms with E-state index in [1.165, 1.54) is 12.1 Å². The van der Waals surface area contributed by atoms with Gasteiger partial charge in [0.05, 0.1) is 17.3 Å². The summed E-state index contributed by atoms with van der Waals surface area (Å²) >= 11 is 0. The Morgan fingerprint density at radius 2 is 1.94 bits per heavy atom. The molecular weight excluding hydrogens is 401 g/mol. The Kier molecular flexibility index (Phi) is 5.48. The van der Waals surface area contributed by atoms with Crippen molar-refractivity contribution in [3.63, 3.8) is 0 Å². The zero-order valence-corrected chi connectivity index (χ0v) is 16.7. The summed E-state index contributed by atoms with van der Waals surface area (Å²) in [4.78, 5) is 41.8. The van der Waals surface area contributed by atoms with Crippen molar-refractivity contribution < 1.29 is 9.18 Å². The molecule has 0 saturated carbocycles. The van der Waals surface area contributed by atoms with Crippen LogP contribution in [-0.2, 0) is 18.4 Å². The highest BCUT2D eigenvalue weighted by Gasteiger charge is 2.21. The lowest BCUT2D eigenvalue weighted by Gasteiger charge is -2.19. The molecule has 0 aliphatic carbocycles. The molecule has 1 atom stereocenters. The van der Waals surface area contributed by atoms with E-state index in [0.717, 1.165) is 4.68 Å². The number of imidazole rings is 1. The monoisotopic (exact) mass is 421 g/mol. The molecule has 0 aliphatic heterocycles. The van der Waals surface area contributed by atoms with E-state index in [1.54, 1.807) is 60.4 Å². The quantitative estimate of drug-likeness (QED) is 0.496. The highest BCUT2D eigenvalue weighted by molar-refractivity contribution is 5.80. The van der Waals surface area contributed by atoms with Gasteiger partial charge in [-0.25, -0.2) is 14.1 Å². The Hall–Kier alpha value is -4.01. The summed E-state index contributed by atoms with van der Waals surface area (Å²) in [5.74, 6) is -0.264. The average Bonchev–Trinajstić information content (AvgIpc) is 3.19. The molecule has 9 heteroatoms. The van der Waals surface area contributed by atoms with Crippen molar-refractivity contribution in [1.29, 1.82) is 0 Å². The fraction of sp³-hybridized carbons (Fsp3) is 0.182. The van der Waals surface area contributed by atoms with Gasteiger partial charge in [-0.1, -0.05) is 24.3 Å². The number of benzene rings is 2. The number of hydrogen-bond donors (Lipinski definition) is 2. The number of amides is 1. The lowest BCUT2D eigenvalue weighted by atomic mass is 10.1. The molecular formula is C22H20FN5O3. The molecule has 0 unspecified atom stereocenters. The van der Waals surface area contributed by atoms with E-state index in [4.69, 9.17) is 0 Å². The zero-order chi connectivity index (χ0) is 22.0. The van der Waals surface area contributed by atoms with Gasteiger partial charge in [0.15, 0.2) is 0 Å². The van der Waals surface area contributed by atoms with Crippen LogP contribution in [0.15, 0.2) is 70.5 Å². The molecule has 1 amide bonds. The Morgan fingerprint density at radius 3 is 2.65 bits per heavy atom. The molecule has 0 spiro atoms. The first-order valence-electron chi connectivity index (χ1n) is 9.68. The van der Waals surface area contributed by atoms with Crippen molar-refractivity contribution in [3.8, 4) is 0 Å². The van der Waals surface area contributed by atoms with Crippen LogP contribution >= 0.6 is 0 Å². The number of rotatable bonds is 6. The van der Waals surface area contributed by atoms with Crippen molar-refractivity contribution in [2.75, 3.05) is 0 Å². The molecule has 2 N–H and O–H groups in total. The first-order chi connectivity index (χ1) is 14.9. The normalized spacial score (nSPS) is 12.1. The minimum Gasteiger partial charge on any atom is -0.342 e. The topological polar surface area (TPSA) is 102 Å². The summed E-state index contributed by atoms with van der Waals surface area (Å²) in [7, 11) is 1.78. The number of hydrogen-bond acceptors (Lipinski definition) is 4. The van der Waals surface area contributed by atoms with Gasteiger partial charge in [-0.15, -0.1) is 0 Å². The minimum absolute atomic E-state index is 0.0127. The van der Waals surface area contributed by atoms with Gasteiger partial charge in [-0.05, 0) is 29.8 Å². The second-order valence-corrected chi connectivity index (χ2v) is 7.15. The Balaban J connectivity index is 1.56. The molecule has 4 rings (SSSR count). The maximum Gasteiger partial charge on any atom is 0.273 e. The van der Waals surface area contributed by atoms with E-state index in [2.05, 4.69) is 15.4 Å². The molecule has 0 fully saturated rings. The molecule has 8 nitrogen and oxygen atoms in total. The first-order valence-corrected chi connectivity index (χ1v) is 9.68. The number of carbonyl (C=O) groups excluding carboxylic acids is 1. The highest BCUT2D eigenvalue weighted by atomic mass is 19.1. The van der Waals surface area contributed by atoms with Crippen LogP contribution in [-0.4, -0.2) is 25.2 Å². The summed E-state index contributed by atoms with van der Waals surface area (Å²) in [5, 5.41) is 5.94. The molecule has 158 valence electrons. The number of aromatic nitrogens is 4. The number of aryl methyl sites for hydroxylation is 2. The largest absolute Gasteiger partial charge is 0.342 e. The average molecular weight is 421 g/mol. The predicted octanol–water partition coefficient (Wildman–Crippen LogP) is 1.86. The van der Waals surface area contributed by atoms with Crippen LogP contribution in [0.4, 0.5) is 4.39 Å². The zero-order valence-electron chi connectivity index (χ0n) is 16.7. The maximum absolute atomic E-state index is 13.8. The molecule has 0 aliphatic rings. The number of H-pyrrole nitrogens is 1. The van der Waals surface area contributed by atoms with Gasteiger partial charge in [0, 0.05) is 25.9 Å². The third-order valence-corrected chi connectivity index (χ3v) is 5.05. The van der Waals surface area contributed by atoms with Crippen LogP contribution in [0.1, 0.15) is 23.9 Å². The van der Waals surface area contributed by atoms with Gasteiger partial charge in [0.2, 0.25) is 5.91 Å². The maximum atomic E-state index is 13.8. The number of nitrogens with one attached hydrogen (secondary N) is 2. The van der Waals surface area contributed by atoms with E-state index >= 15 is 0 Å². The van der Waals surface area contributed by atoms with Crippen LogP contribution < -0.4 is 16.4 Å². The second kappa shape index (κ2) is 8.39. The fourth-order valence-corrected chi connectivity index (χ4v) is 3.49. The third-order valence-electron chi connectivity index (χ3n) is 5.05. The minimum atomic E-state index is -0.671. The van der Waals surface area contributed by atoms with Gasteiger partial charge in [-0.3, -0.25) is 19.5 Å². The van der Waals surface area contributed by atoms with Gasteiger partial charge in [0.1, 0.15) is 17.7 Å². The van der Waals surface area contributed by atoms with E-state index in [-0.39, 0.29) is 29.8 Å². The predicted molar refractivity (Wildman–Crippen MR) is 113 cm³/mol. The number of halogens is 1. The number of carbonyl (C=O) groups is 1. The van der Waals surface area contributed by atoms with Crippen molar-refractivity contribution in [2.24, 2.45) is 7.05 Å². The molecule has 0 saturated heterocycles. The van der Waals surface area contributed by atoms with Gasteiger partial charge in [0.25, 0.3) is 11.1 Å². The van der Waals surface area contributed by atoms with Crippen molar-refractivity contribution in [3.05, 3.63) is 98.8 Å². The van der Waals surface area contributed by atoms with Crippen molar-refractivity contribution >= 4 is 16.7 Å². The van der Waals surface area contributed by atoms with Crippen LogP contribution in [0.5, 0.6) is 0 Å². The van der Waals surface area contributed by atoms with Crippen molar-refractivity contribution in [2.45, 2.75) is 19.0 Å². The van der Waals surface area contributed by atoms with Crippen LogP contribution in [0, 0.1) is 5.82 Å². The third kappa shape index (κ3) is 4.16. The molecule has 31 heavy (non-hydrogen) atoms. The van der Waals surface area contributed by atoms with E-state index in [0.29, 0.717) is 16.8 Å². The molecule has 0 radical (unpaired) electrons. The van der Waals surface area contributed by atoms with Crippen LogP contribution in [0.3, 0.4) is 0 Å². The Labute approximate surface area is 176 Å². The summed E-state index contributed by atoms with van der Waals surface area (Å²) in [6.07, 6.45) is 3.25. The van der Waals surface area contributed by atoms with Crippen LogP contribution in [0.25, 0.3) is 10.8 Å². The fourth-order valence-electron chi connectivity index (χ4n) is 3.49. The van der Waals surface area contributed by atoms with Gasteiger partial charge in [-0.2, -0.15) is 0 Å². The van der Waals surface area contributed by atoms with Crippen molar-refractivity contribution in [1.82, 2.24) is 24.6 Å². The standard InChI is InChI=1S/C22H20FN5O3/c1-27-12-10-24-20(27)19(14-5-4-6-15(23)13-14)25-18(29)9-11-28-22(31)17-8-3-2-7-16(17)21(30)26-28/h2-8,10,12-13,19H,9,11H2,1H3,(H,25,29)(H,26,30)/t19-/m0/s1. The lowest BCUT2D eigenvalue weighted by molar-refractivity contribution is -0.121. The summed E-state index contributed by atoms with van der Waals surface area (Å²) in [6.45, 7) is -0.0127. The van der Waals surface area contributed by atoms with E-state index in [9.17, 15) is 18.8 Å². The molecule has 4 aromatic rings. The smallest absolute Gasteiger partial charge is 0.273 e. The van der Waals surface area contributed by atoms with E-state index < -0.39 is 17.4 Å². The second-order valence-electron chi connectivity index (χ2n) is 7.15. The molecule has 2 aromatic carbocycles. The molecule has 0 bridgehead atoms. The summed E-state index contributed by atoms with van der Waals surface area (Å²) in [5.41, 5.74) is -0.242.